The van der Waals surface area contributed by atoms with Gasteiger partial charge in [0.1, 0.15) is 0 Å². The lowest BCUT2D eigenvalue weighted by atomic mass is 10.1. The molecule has 0 saturated carbocycles. The standard InChI is InChI=1S/C12H13N5O2/c1-7-4-8(5-13-16-7)17-3-2-9-10(6-17)14-12(19)15-11(9)18/h4-5H,2-3,6H2,1H3,(H2,14,15,18,19). The Kier molecular flexibility index (Phi) is 2.66. The van der Waals surface area contributed by atoms with Crippen molar-refractivity contribution in [2.45, 2.75) is 19.9 Å². The van der Waals surface area contributed by atoms with Gasteiger partial charge in [-0.2, -0.15) is 10.2 Å². The highest BCUT2D eigenvalue weighted by molar-refractivity contribution is 5.46. The smallest absolute Gasteiger partial charge is 0.325 e. The van der Waals surface area contributed by atoms with Gasteiger partial charge in [0.15, 0.2) is 0 Å². The molecule has 7 nitrogen and oxygen atoms in total. The molecular formula is C12H13N5O2. The van der Waals surface area contributed by atoms with E-state index in [0.29, 0.717) is 30.8 Å². The molecule has 1 aliphatic rings. The van der Waals surface area contributed by atoms with E-state index in [4.69, 9.17) is 0 Å². The zero-order chi connectivity index (χ0) is 13.4. The van der Waals surface area contributed by atoms with Crippen LogP contribution in [0.3, 0.4) is 0 Å². The van der Waals surface area contributed by atoms with E-state index in [1.807, 2.05) is 13.0 Å². The molecule has 2 aromatic heterocycles. The fraction of sp³-hybridized carbons (Fsp3) is 0.333. The van der Waals surface area contributed by atoms with Crippen molar-refractivity contribution >= 4 is 5.69 Å². The number of anilines is 1. The first kappa shape index (κ1) is 11.6. The third-order valence-electron chi connectivity index (χ3n) is 3.24. The van der Waals surface area contributed by atoms with Gasteiger partial charge >= 0.3 is 5.69 Å². The predicted octanol–water partition coefficient (Wildman–Crippen LogP) is -0.276. The third-order valence-corrected chi connectivity index (χ3v) is 3.24. The SMILES string of the molecule is Cc1cc(N2CCc3c([nH]c(=O)[nH]c3=O)C2)cnn1. The first-order valence-corrected chi connectivity index (χ1v) is 6.02. The minimum atomic E-state index is -0.463. The average Bonchev–Trinajstić information content (AvgIpc) is 2.37. The molecule has 19 heavy (non-hydrogen) atoms. The highest BCUT2D eigenvalue weighted by Crippen LogP contribution is 2.20. The van der Waals surface area contributed by atoms with Crippen LogP contribution in [0, 0.1) is 6.92 Å². The minimum absolute atomic E-state index is 0.289. The van der Waals surface area contributed by atoms with Gasteiger partial charge in [-0.3, -0.25) is 9.78 Å². The number of aryl methyl sites for hydroxylation is 1. The molecule has 0 unspecified atom stereocenters. The second kappa shape index (κ2) is 4.34. The van der Waals surface area contributed by atoms with Gasteiger partial charge in [0.2, 0.25) is 0 Å². The molecular weight excluding hydrogens is 246 g/mol. The van der Waals surface area contributed by atoms with Crippen molar-refractivity contribution in [3.05, 3.63) is 50.1 Å². The van der Waals surface area contributed by atoms with Gasteiger partial charge in [0.05, 0.1) is 24.1 Å². The topological polar surface area (TPSA) is 94.7 Å². The zero-order valence-corrected chi connectivity index (χ0v) is 10.4. The maximum atomic E-state index is 11.7. The number of nitrogens with one attached hydrogen (secondary N) is 2. The molecule has 2 N–H and O–H groups in total. The Morgan fingerprint density at radius 1 is 1.32 bits per heavy atom. The van der Waals surface area contributed by atoms with Crippen LogP contribution in [0.4, 0.5) is 5.69 Å². The minimum Gasteiger partial charge on any atom is -0.364 e. The summed E-state index contributed by atoms with van der Waals surface area (Å²) in [6, 6.07) is 1.93. The van der Waals surface area contributed by atoms with Crippen LogP contribution in [0.5, 0.6) is 0 Å². The molecule has 0 atom stereocenters. The Morgan fingerprint density at radius 3 is 2.95 bits per heavy atom. The van der Waals surface area contributed by atoms with Crippen LogP contribution >= 0.6 is 0 Å². The summed E-state index contributed by atoms with van der Waals surface area (Å²) in [6.45, 7) is 3.09. The number of fused-ring (bicyclic) bond motifs is 1. The van der Waals surface area contributed by atoms with E-state index in [-0.39, 0.29) is 5.56 Å². The summed E-state index contributed by atoms with van der Waals surface area (Å²) in [6.07, 6.45) is 2.28. The molecule has 0 bridgehead atoms. The molecule has 98 valence electrons. The van der Waals surface area contributed by atoms with E-state index in [1.165, 1.54) is 0 Å². The van der Waals surface area contributed by atoms with Gasteiger partial charge < -0.3 is 9.88 Å². The highest BCUT2D eigenvalue weighted by atomic mass is 16.2. The molecule has 0 fully saturated rings. The van der Waals surface area contributed by atoms with E-state index in [9.17, 15) is 9.59 Å². The monoisotopic (exact) mass is 259 g/mol. The molecule has 3 rings (SSSR count). The van der Waals surface area contributed by atoms with Gasteiger partial charge in [0.25, 0.3) is 5.56 Å². The molecule has 0 radical (unpaired) electrons. The normalized spacial score (nSPS) is 14.3. The molecule has 7 heteroatoms. The Bertz CT molecular complexity index is 733. The molecule has 0 aromatic carbocycles. The Morgan fingerprint density at radius 2 is 2.16 bits per heavy atom. The van der Waals surface area contributed by atoms with Crippen molar-refractivity contribution in [2.24, 2.45) is 0 Å². The van der Waals surface area contributed by atoms with Gasteiger partial charge in [-0.25, -0.2) is 4.79 Å². The van der Waals surface area contributed by atoms with Crippen molar-refractivity contribution < 1.29 is 0 Å². The van der Waals surface area contributed by atoms with Crippen LogP contribution in [0.15, 0.2) is 21.9 Å². The second-order valence-electron chi connectivity index (χ2n) is 4.59. The molecule has 0 spiro atoms. The van der Waals surface area contributed by atoms with Crippen LogP contribution in [-0.2, 0) is 13.0 Å². The molecule has 2 aromatic rings. The maximum Gasteiger partial charge on any atom is 0.325 e. The molecule has 0 aliphatic carbocycles. The van der Waals surface area contributed by atoms with Crippen LogP contribution in [0.1, 0.15) is 17.0 Å². The number of aromatic amines is 2. The van der Waals surface area contributed by atoms with Gasteiger partial charge in [-0.05, 0) is 19.4 Å². The molecule has 3 heterocycles. The predicted molar refractivity (Wildman–Crippen MR) is 69.2 cm³/mol. The Hall–Kier alpha value is -2.44. The quantitative estimate of drug-likeness (QED) is 0.734. The Balaban J connectivity index is 1.98. The first-order chi connectivity index (χ1) is 9.13. The fourth-order valence-electron chi connectivity index (χ4n) is 2.33. The third kappa shape index (κ3) is 2.14. The summed E-state index contributed by atoms with van der Waals surface area (Å²) in [5, 5.41) is 7.84. The lowest BCUT2D eigenvalue weighted by Crippen LogP contribution is -2.38. The van der Waals surface area contributed by atoms with Crippen molar-refractivity contribution in [2.75, 3.05) is 11.4 Å². The largest absolute Gasteiger partial charge is 0.364 e. The number of nitrogens with zero attached hydrogens (tertiary/aromatic N) is 3. The molecule has 0 amide bonds. The summed E-state index contributed by atoms with van der Waals surface area (Å²) in [4.78, 5) is 30.0. The van der Waals surface area contributed by atoms with E-state index < -0.39 is 5.69 Å². The van der Waals surface area contributed by atoms with Gasteiger partial charge in [-0.1, -0.05) is 0 Å². The van der Waals surface area contributed by atoms with E-state index in [1.54, 1.807) is 6.20 Å². The van der Waals surface area contributed by atoms with E-state index >= 15 is 0 Å². The van der Waals surface area contributed by atoms with Crippen LogP contribution in [-0.4, -0.2) is 26.7 Å². The van der Waals surface area contributed by atoms with Gasteiger partial charge in [-0.15, -0.1) is 0 Å². The van der Waals surface area contributed by atoms with Crippen LogP contribution in [0.2, 0.25) is 0 Å². The average molecular weight is 259 g/mol. The lowest BCUT2D eigenvalue weighted by molar-refractivity contribution is 0.687. The van der Waals surface area contributed by atoms with E-state index in [0.717, 1.165) is 11.4 Å². The van der Waals surface area contributed by atoms with Crippen molar-refractivity contribution in [1.29, 1.82) is 0 Å². The lowest BCUT2D eigenvalue weighted by Gasteiger charge is -2.29. The first-order valence-electron chi connectivity index (χ1n) is 6.02. The maximum absolute atomic E-state index is 11.7. The Labute approximate surface area is 108 Å². The number of rotatable bonds is 1. The number of aromatic nitrogens is 4. The van der Waals surface area contributed by atoms with Crippen molar-refractivity contribution in [3.63, 3.8) is 0 Å². The summed E-state index contributed by atoms with van der Waals surface area (Å²) in [5.41, 5.74) is 2.36. The second-order valence-corrected chi connectivity index (χ2v) is 4.59. The number of H-pyrrole nitrogens is 2. The van der Waals surface area contributed by atoms with Gasteiger partial charge in [0, 0.05) is 17.8 Å². The molecule has 0 saturated heterocycles. The highest BCUT2D eigenvalue weighted by Gasteiger charge is 2.20. The summed E-state index contributed by atoms with van der Waals surface area (Å²) in [7, 11) is 0. The van der Waals surface area contributed by atoms with Crippen LogP contribution < -0.4 is 16.1 Å². The van der Waals surface area contributed by atoms with Crippen LogP contribution in [0.25, 0.3) is 0 Å². The summed E-state index contributed by atoms with van der Waals surface area (Å²) < 4.78 is 0. The summed E-state index contributed by atoms with van der Waals surface area (Å²) >= 11 is 0. The van der Waals surface area contributed by atoms with Crippen molar-refractivity contribution in [3.8, 4) is 0 Å². The summed E-state index contributed by atoms with van der Waals surface area (Å²) in [5.74, 6) is 0. The van der Waals surface area contributed by atoms with Crippen molar-refractivity contribution in [1.82, 2.24) is 20.2 Å². The fourth-order valence-corrected chi connectivity index (χ4v) is 2.33. The molecule has 1 aliphatic heterocycles. The zero-order valence-electron chi connectivity index (χ0n) is 10.4. The number of hydrogen-bond acceptors (Lipinski definition) is 5. The number of hydrogen-bond donors (Lipinski definition) is 2. The van der Waals surface area contributed by atoms with E-state index in [2.05, 4.69) is 25.1 Å².